The fourth-order valence-corrected chi connectivity index (χ4v) is 4.68. The Bertz CT molecular complexity index is 831. The standard InChI is InChI=1S/C21H27N3O5/c1-13(2)22-11-21(12-22)20(28)23(18(26)17-8-16(25)10-24(17)21)9-14-4-6-15(7-5-14)19(27)29-3/h4-7,13,16-17,25H,8-12H2,1-3H3. The van der Waals surface area contributed by atoms with E-state index >= 15 is 0 Å². The van der Waals surface area contributed by atoms with E-state index < -0.39 is 23.7 Å². The van der Waals surface area contributed by atoms with Gasteiger partial charge in [-0.25, -0.2) is 4.79 Å². The summed E-state index contributed by atoms with van der Waals surface area (Å²) in [4.78, 5) is 43.7. The van der Waals surface area contributed by atoms with Crippen molar-refractivity contribution in [3.05, 3.63) is 35.4 Å². The summed E-state index contributed by atoms with van der Waals surface area (Å²) in [6.45, 7) is 5.82. The van der Waals surface area contributed by atoms with Crippen LogP contribution in [0.25, 0.3) is 0 Å². The molecule has 3 saturated heterocycles. The van der Waals surface area contributed by atoms with Crippen molar-refractivity contribution in [1.29, 1.82) is 0 Å². The van der Waals surface area contributed by atoms with E-state index in [0.29, 0.717) is 37.7 Å². The molecule has 3 fully saturated rings. The van der Waals surface area contributed by atoms with E-state index in [1.54, 1.807) is 24.3 Å². The Hall–Kier alpha value is -2.29. The molecular formula is C21H27N3O5. The van der Waals surface area contributed by atoms with Gasteiger partial charge in [0.15, 0.2) is 0 Å². The summed E-state index contributed by atoms with van der Waals surface area (Å²) in [5.74, 6) is -0.876. The summed E-state index contributed by atoms with van der Waals surface area (Å²) in [5.41, 5.74) is 0.439. The molecule has 3 aliphatic rings. The summed E-state index contributed by atoms with van der Waals surface area (Å²) < 4.78 is 4.70. The van der Waals surface area contributed by atoms with E-state index in [1.807, 2.05) is 4.90 Å². The molecule has 1 spiro atoms. The Morgan fingerprint density at radius 1 is 1.24 bits per heavy atom. The summed E-state index contributed by atoms with van der Waals surface area (Å²) in [5, 5.41) is 10.2. The zero-order chi connectivity index (χ0) is 20.9. The van der Waals surface area contributed by atoms with Crippen LogP contribution in [0.3, 0.4) is 0 Å². The molecule has 1 aromatic carbocycles. The monoisotopic (exact) mass is 401 g/mol. The third-order valence-corrected chi connectivity index (χ3v) is 6.40. The first-order chi connectivity index (χ1) is 13.8. The molecule has 29 heavy (non-hydrogen) atoms. The zero-order valence-corrected chi connectivity index (χ0v) is 17.0. The van der Waals surface area contributed by atoms with Crippen molar-refractivity contribution in [3.63, 3.8) is 0 Å². The van der Waals surface area contributed by atoms with Crippen LogP contribution in [0.5, 0.6) is 0 Å². The number of aliphatic hydroxyl groups is 1. The molecule has 1 aromatic rings. The number of ether oxygens (including phenoxy) is 1. The van der Waals surface area contributed by atoms with Crippen LogP contribution in [0, 0.1) is 0 Å². The lowest BCUT2D eigenvalue weighted by Gasteiger charge is -2.59. The molecule has 8 nitrogen and oxygen atoms in total. The van der Waals surface area contributed by atoms with Gasteiger partial charge in [0.2, 0.25) is 5.91 Å². The number of hydrogen-bond acceptors (Lipinski definition) is 7. The number of fused-ring (bicyclic) bond motifs is 2. The van der Waals surface area contributed by atoms with Crippen LogP contribution in [0.4, 0.5) is 0 Å². The average Bonchev–Trinajstić information content (AvgIpc) is 3.06. The van der Waals surface area contributed by atoms with Crippen LogP contribution in [0.15, 0.2) is 24.3 Å². The van der Waals surface area contributed by atoms with Crippen LogP contribution < -0.4 is 0 Å². The maximum Gasteiger partial charge on any atom is 0.337 e. The van der Waals surface area contributed by atoms with Gasteiger partial charge >= 0.3 is 5.97 Å². The fraction of sp³-hybridized carbons (Fsp3) is 0.571. The molecule has 2 atom stereocenters. The van der Waals surface area contributed by atoms with E-state index in [1.165, 1.54) is 12.0 Å². The van der Waals surface area contributed by atoms with E-state index in [9.17, 15) is 19.5 Å². The highest BCUT2D eigenvalue weighted by Crippen LogP contribution is 2.41. The van der Waals surface area contributed by atoms with E-state index in [4.69, 9.17) is 4.74 Å². The number of carbonyl (C=O) groups excluding carboxylic acids is 3. The van der Waals surface area contributed by atoms with Crippen molar-refractivity contribution >= 4 is 17.8 Å². The minimum Gasteiger partial charge on any atom is -0.465 e. The van der Waals surface area contributed by atoms with E-state index in [0.717, 1.165) is 5.56 Å². The minimum absolute atomic E-state index is 0.156. The number of nitrogens with zero attached hydrogens (tertiary/aromatic N) is 3. The highest BCUT2D eigenvalue weighted by molar-refractivity contribution is 6.06. The van der Waals surface area contributed by atoms with Gasteiger partial charge in [0.05, 0.1) is 31.4 Å². The molecule has 0 saturated carbocycles. The number of likely N-dealkylation sites (tertiary alicyclic amines) is 1. The van der Waals surface area contributed by atoms with Crippen molar-refractivity contribution < 1.29 is 24.2 Å². The van der Waals surface area contributed by atoms with Gasteiger partial charge in [-0.3, -0.25) is 24.3 Å². The van der Waals surface area contributed by atoms with Gasteiger partial charge < -0.3 is 9.84 Å². The van der Waals surface area contributed by atoms with E-state index in [2.05, 4.69) is 18.7 Å². The SMILES string of the molecule is COC(=O)c1ccc(CN2C(=O)C3CC(O)CN3C3(CN(C(C)C)C3)C2=O)cc1. The average molecular weight is 401 g/mol. The lowest BCUT2D eigenvalue weighted by molar-refractivity contribution is -0.182. The van der Waals surface area contributed by atoms with Crippen LogP contribution in [0.1, 0.15) is 36.2 Å². The number of hydrogen-bond donors (Lipinski definition) is 1. The molecule has 1 N–H and O–H groups in total. The largest absolute Gasteiger partial charge is 0.465 e. The van der Waals surface area contributed by atoms with Gasteiger partial charge in [-0.2, -0.15) is 0 Å². The normalized spacial score (nSPS) is 26.7. The predicted molar refractivity (Wildman–Crippen MR) is 104 cm³/mol. The van der Waals surface area contributed by atoms with Crippen LogP contribution >= 0.6 is 0 Å². The summed E-state index contributed by atoms with van der Waals surface area (Å²) in [6.07, 6.45) is -0.242. The molecular weight excluding hydrogens is 374 g/mol. The molecule has 3 aliphatic heterocycles. The quantitative estimate of drug-likeness (QED) is 0.571. The maximum absolute atomic E-state index is 13.5. The number of piperazine rings is 1. The van der Waals surface area contributed by atoms with Crippen LogP contribution in [-0.4, -0.2) is 88.1 Å². The lowest BCUT2D eigenvalue weighted by Crippen LogP contribution is -2.82. The maximum atomic E-state index is 13.5. The molecule has 156 valence electrons. The Labute approximate surface area is 170 Å². The Kier molecular flexibility index (Phi) is 4.96. The first-order valence-corrected chi connectivity index (χ1v) is 9.99. The third-order valence-electron chi connectivity index (χ3n) is 6.40. The molecule has 0 aliphatic carbocycles. The summed E-state index contributed by atoms with van der Waals surface area (Å²) in [7, 11) is 1.32. The second-order valence-corrected chi connectivity index (χ2v) is 8.51. The van der Waals surface area contributed by atoms with Crippen molar-refractivity contribution in [2.75, 3.05) is 26.7 Å². The second kappa shape index (κ2) is 7.19. The number of carbonyl (C=O) groups is 3. The van der Waals surface area contributed by atoms with Gasteiger partial charge in [0.1, 0.15) is 5.54 Å². The summed E-state index contributed by atoms with van der Waals surface area (Å²) in [6, 6.07) is 6.58. The Morgan fingerprint density at radius 2 is 1.90 bits per heavy atom. The number of benzene rings is 1. The van der Waals surface area contributed by atoms with Crippen molar-refractivity contribution in [2.45, 2.75) is 50.5 Å². The lowest BCUT2D eigenvalue weighted by atomic mass is 9.81. The fourth-order valence-electron chi connectivity index (χ4n) is 4.68. The Morgan fingerprint density at radius 3 is 2.48 bits per heavy atom. The van der Waals surface area contributed by atoms with Gasteiger partial charge in [0, 0.05) is 25.7 Å². The molecule has 2 unspecified atom stereocenters. The highest BCUT2D eigenvalue weighted by Gasteiger charge is 2.64. The summed E-state index contributed by atoms with van der Waals surface area (Å²) >= 11 is 0. The second-order valence-electron chi connectivity index (χ2n) is 8.51. The molecule has 0 radical (unpaired) electrons. The number of β-amino-alcohol motifs (C(OH)–C–C–N with tert-alkyl or cyclic N) is 1. The minimum atomic E-state index is -0.744. The number of imide groups is 1. The molecule has 2 amide bonds. The smallest absolute Gasteiger partial charge is 0.337 e. The number of amides is 2. The van der Waals surface area contributed by atoms with Crippen molar-refractivity contribution in [2.24, 2.45) is 0 Å². The number of methoxy groups -OCH3 is 1. The van der Waals surface area contributed by atoms with E-state index in [-0.39, 0.29) is 18.4 Å². The van der Waals surface area contributed by atoms with Gasteiger partial charge in [-0.1, -0.05) is 12.1 Å². The topological polar surface area (TPSA) is 90.4 Å². The number of esters is 1. The number of aliphatic hydroxyl groups excluding tert-OH is 1. The van der Waals surface area contributed by atoms with Crippen LogP contribution in [-0.2, 0) is 20.9 Å². The molecule has 8 heteroatoms. The molecule has 0 bridgehead atoms. The molecule has 0 aromatic heterocycles. The molecule has 3 heterocycles. The zero-order valence-electron chi connectivity index (χ0n) is 17.0. The van der Waals surface area contributed by atoms with Gasteiger partial charge in [0.25, 0.3) is 5.91 Å². The van der Waals surface area contributed by atoms with Gasteiger partial charge in [-0.05, 0) is 38.0 Å². The molecule has 4 rings (SSSR count). The Balaban J connectivity index is 1.59. The predicted octanol–water partition coefficient (Wildman–Crippen LogP) is 0.240. The third kappa shape index (κ3) is 3.15. The van der Waals surface area contributed by atoms with Crippen LogP contribution in [0.2, 0.25) is 0 Å². The number of rotatable bonds is 4. The van der Waals surface area contributed by atoms with Crippen molar-refractivity contribution in [3.8, 4) is 0 Å². The van der Waals surface area contributed by atoms with Gasteiger partial charge in [-0.15, -0.1) is 0 Å². The highest BCUT2D eigenvalue weighted by atomic mass is 16.5. The first kappa shape index (κ1) is 20.0. The van der Waals surface area contributed by atoms with Crippen molar-refractivity contribution in [1.82, 2.24) is 14.7 Å². The first-order valence-electron chi connectivity index (χ1n) is 9.99.